The van der Waals surface area contributed by atoms with Crippen molar-refractivity contribution in [3.05, 3.63) is 57.8 Å². The Bertz CT molecular complexity index is 765. The van der Waals surface area contributed by atoms with E-state index in [1.165, 1.54) is 36.4 Å². The van der Waals surface area contributed by atoms with Crippen molar-refractivity contribution in [1.29, 1.82) is 0 Å². The van der Waals surface area contributed by atoms with Crippen LogP contribution in [-0.4, -0.2) is 42.4 Å². The van der Waals surface area contributed by atoms with Crippen molar-refractivity contribution in [3.63, 3.8) is 0 Å². The minimum Gasteiger partial charge on any atom is -0.406 e. The molecule has 2 heterocycles. The quantitative estimate of drug-likeness (QED) is 0.556. The number of nitrogens with zero attached hydrogens (tertiary/aromatic N) is 2. The Labute approximate surface area is 170 Å². The van der Waals surface area contributed by atoms with Gasteiger partial charge in [-0.15, -0.1) is 38.0 Å². The first-order valence-corrected chi connectivity index (χ1v) is 7.88. The third kappa shape index (κ3) is 5.99. The number of hydrogen-bond acceptors (Lipinski definition) is 6. The van der Waals surface area contributed by atoms with E-state index in [1.807, 2.05) is 0 Å². The van der Waals surface area contributed by atoms with E-state index in [9.17, 15) is 23.3 Å². The van der Waals surface area contributed by atoms with E-state index in [0.29, 0.717) is 24.4 Å². The third-order valence-electron chi connectivity index (χ3n) is 4.01. The molecule has 0 bridgehead atoms. The van der Waals surface area contributed by atoms with Crippen molar-refractivity contribution in [2.45, 2.75) is 12.4 Å². The van der Waals surface area contributed by atoms with Crippen molar-refractivity contribution >= 4 is 30.7 Å². The Morgan fingerprint density at radius 1 is 1.11 bits per heavy atom. The lowest BCUT2D eigenvalue weighted by Gasteiger charge is -2.34. The van der Waals surface area contributed by atoms with Gasteiger partial charge in [-0.1, -0.05) is 12.1 Å². The molecule has 28 heavy (non-hydrogen) atoms. The second-order valence-electron chi connectivity index (χ2n) is 5.74. The molecule has 3 rings (SSSR count). The van der Waals surface area contributed by atoms with Gasteiger partial charge in [0, 0.05) is 26.2 Å². The van der Waals surface area contributed by atoms with Crippen molar-refractivity contribution in [2.75, 3.05) is 26.2 Å². The zero-order valence-electron chi connectivity index (χ0n) is 14.3. The zero-order chi connectivity index (χ0) is 18.7. The summed E-state index contributed by atoms with van der Waals surface area (Å²) in [5.41, 5.74) is 0.658. The summed E-state index contributed by atoms with van der Waals surface area (Å²) in [6, 6.07) is 7.79. The maximum atomic E-state index is 12.3. The monoisotopic (exact) mass is 443 g/mol. The molecule has 0 radical (unpaired) electrons. The summed E-state index contributed by atoms with van der Waals surface area (Å²) < 4.78 is 46.2. The number of nitrogens with one attached hydrogen (secondary N) is 1. The van der Waals surface area contributed by atoms with Gasteiger partial charge in [-0.25, -0.2) is 0 Å². The van der Waals surface area contributed by atoms with Crippen LogP contribution in [-0.2, 0) is 0 Å². The van der Waals surface area contributed by atoms with Crippen LogP contribution in [0.2, 0.25) is 0 Å². The van der Waals surface area contributed by atoms with Crippen molar-refractivity contribution < 1.29 is 27.2 Å². The Kier molecular flexibility index (Phi) is 8.55. The van der Waals surface area contributed by atoms with E-state index in [-0.39, 0.29) is 36.4 Å². The fourth-order valence-electron chi connectivity index (χ4n) is 2.93. The molecule has 1 aromatic heterocycles. The number of nitro groups is 1. The highest BCUT2D eigenvalue weighted by atomic mass is 35.5. The summed E-state index contributed by atoms with van der Waals surface area (Å²) >= 11 is 0. The molecule has 2 aromatic rings. The fraction of sp³-hybridized carbons (Fsp3) is 0.375. The molecule has 1 aromatic carbocycles. The average molecular weight is 444 g/mol. The van der Waals surface area contributed by atoms with Crippen LogP contribution >= 0.6 is 24.8 Å². The molecule has 1 aliphatic heterocycles. The predicted molar refractivity (Wildman–Crippen MR) is 99.3 cm³/mol. The number of halogens is 5. The lowest BCUT2D eigenvalue weighted by atomic mass is 10.0. The summed E-state index contributed by atoms with van der Waals surface area (Å²) in [6.45, 7) is 2.79. The first-order chi connectivity index (χ1) is 12.3. The lowest BCUT2D eigenvalue weighted by molar-refractivity contribution is -0.402. The highest BCUT2D eigenvalue weighted by Crippen LogP contribution is 2.33. The van der Waals surface area contributed by atoms with Crippen LogP contribution in [0, 0.1) is 10.1 Å². The van der Waals surface area contributed by atoms with Gasteiger partial charge < -0.3 is 14.5 Å². The number of piperazine rings is 1. The van der Waals surface area contributed by atoms with Gasteiger partial charge in [-0.05, 0) is 23.8 Å². The SMILES string of the molecule is Cl.Cl.O=[N+]([O-])c1ccc([C@@H](c2ccc(OC(F)(F)F)cc2)N2CCNCC2)o1. The highest BCUT2D eigenvalue weighted by molar-refractivity contribution is 5.85. The van der Waals surface area contributed by atoms with Crippen LogP contribution < -0.4 is 10.1 Å². The van der Waals surface area contributed by atoms with Crippen LogP contribution in [0.1, 0.15) is 17.4 Å². The first-order valence-electron chi connectivity index (χ1n) is 7.88. The average Bonchev–Trinajstić information content (AvgIpc) is 3.06. The van der Waals surface area contributed by atoms with Crippen LogP contribution in [0.3, 0.4) is 0 Å². The Balaban J connectivity index is 0.00000196. The molecule has 1 aliphatic rings. The number of rotatable bonds is 5. The zero-order valence-corrected chi connectivity index (χ0v) is 16.0. The van der Waals surface area contributed by atoms with Gasteiger partial charge in [-0.2, -0.15) is 0 Å². The van der Waals surface area contributed by atoms with Crippen molar-refractivity contribution in [1.82, 2.24) is 10.2 Å². The summed E-state index contributed by atoms with van der Waals surface area (Å²) in [6.07, 6.45) is -4.76. The minimum atomic E-state index is -4.76. The van der Waals surface area contributed by atoms with Gasteiger partial charge in [0.2, 0.25) is 0 Å². The van der Waals surface area contributed by atoms with Gasteiger partial charge in [0.15, 0.2) is 0 Å². The smallest absolute Gasteiger partial charge is 0.406 e. The van der Waals surface area contributed by atoms with Crippen molar-refractivity contribution in [3.8, 4) is 5.75 Å². The topological polar surface area (TPSA) is 80.8 Å². The van der Waals surface area contributed by atoms with Gasteiger partial charge in [0.25, 0.3) is 0 Å². The second kappa shape index (κ2) is 9.97. The lowest BCUT2D eigenvalue weighted by Crippen LogP contribution is -2.45. The largest absolute Gasteiger partial charge is 0.573 e. The summed E-state index contributed by atoms with van der Waals surface area (Å²) in [5.74, 6) is -0.342. The number of ether oxygens (including phenoxy) is 1. The molecule has 1 saturated heterocycles. The number of alkyl halides is 3. The highest BCUT2D eigenvalue weighted by Gasteiger charge is 2.32. The normalized spacial score (nSPS) is 15.8. The van der Waals surface area contributed by atoms with E-state index < -0.39 is 17.3 Å². The van der Waals surface area contributed by atoms with Crippen LogP contribution in [0.4, 0.5) is 19.1 Å². The van der Waals surface area contributed by atoms with E-state index in [0.717, 1.165) is 13.1 Å². The Morgan fingerprint density at radius 3 is 2.21 bits per heavy atom. The number of furan rings is 1. The van der Waals surface area contributed by atoms with E-state index in [2.05, 4.69) is 15.0 Å². The summed E-state index contributed by atoms with van der Waals surface area (Å²) in [4.78, 5) is 12.3. The molecular weight excluding hydrogens is 426 g/mol. The molecule has 0 saturated carbocycles. The molecule has 0 spiro atoms. The minimum absolute atomic E-state index is 0. The fourth-order valence-corrected chi connectivity index (χ4v) is 2.93. The maximum absolute atomic E-state index is 12.3. The first kappa shape index (κ1) is 24.0. The Morgan fingerprint density at radius 2 is 1.71 bits per heavy atom. The third-order valence-corrected chi connectivity index (χ3v) is 4.01. The molecule has 12 heteroatoms. The van der Waals surface area contributed by atoms with Gasteiger partial charge >= 0.3 is 12.2 Å². The van der Waals surface area contributed by atoms with Gasteiger partial charge in [0.05, 0.1) is 12.1 Å². The summed E-state index contributed by atoms with van der Waals surface area (Å²) in [7, 11) is 0. The van der Waals surface area contributed by atoms with E-state index >= 15 is 0 Å². The molecule has 1 N–H and O–H groups in total. The van der Waals surface area contributed by atoms with Crippen LogP contribution in [0.5, 0.6) is 5.75 Å². The van der Waals surface area contributed by atoms with Crippen molar-refractivity contribution in [2.24, 2.45) is 0 Å². The molecule has 156 valence electrons. The Hall–Kier alpha value is -2.01. The molecule has 0 aliphatic carbocycles. The van der Waals surface area contributed by atoms with Crippen LogP contribution in [0.15, 0.2) is 40.8 Å². The number of hydrogen-bond donors (Lipinski definition) is 1. The van der Waals surface area contributed by atoms with Crippen LogP contribution in [0.25, 0.3) is 0 Å². The molecule has 0 amide bonds. The van der Waals surface area contributed by atoms with Gasteiger partial charge in [-0.3, -0.25) is 15.0 Å². The molecular formula is C16H18Cl2F3N3O4. The standard InChI is InChI=1S/C16H16F3N3O4.2ClH/c17-16(18,19)26-12-3-1-11(2-4-12)15(21-9-7-20-8-10-21)13-5-6-14(25-13)22(23)24;;/h1-6,15,20H,7-10H2;2*1H/t15-;;/m1../s1. The number of benzene rings is 1. The molecule has 1 atom stereocenters. The molecule has 1 fully saturated rings. The van der Waals surface area contributed by atoms with E-state index in [4.69, 9.17) is 4.42 Å². The summed E-state index contributed by atoms with van der Waals surface area (Å²) in [5, 5.41) is 14.1. The second-order valence-corrected chi connectivity index (χ2v) is 5.74. The van der Waals surface area contributed by atoms with E-state index in [1.54, 1.807) is 0 Å². The maximum Gasteiger partial charge on any atom is 0.573 e. The molecule has 7 nitrogen and oxygen atoms in total. The predicted octanol–water partition coefficient (Wildman–Crippen LogP) is 3.92. The molecule has 0 unspecified atom stereocenters. The van der Waals surface area contributed by atoms with Gasteiger partial charge in [0.1, 0.15) is 16.4 Å².